The highest BCUT2D eigenvalue weighted by molar-refractivity contribution is 5.95. The molecule has 5 nitrogen and oxygen atoms in total. The molecule has 0 fully saturated rings. The molecule has 18 heavy (non-hydrogen) atoms. The molecule has 86 valence electrons. The van der Waals surface area contributed by atoms with Gasteiger partial charge in [0.2, 0.25) is 0 Å². The van der Waals surface area contributed by atoms with Crippen molar-refractivity contribution >= 4 is 11.5 Å². The van der Waals surface area contributed by atoms with Gasteiger partial charge in [-0.15, -0.1) is 0 Å². The number of nitriles is 3. The number of nitrogens with one attached hydrogen (secondary N) is 1. The molecular weight excluding hydrogens is 228 g/mol. The highest BCUT2D eigenvalue weighted by Gasteiger charge is 2.07. The van der Waals surface area contributed by atoms with Crippen LogP contribution >= 0.6 is 0 Å². The molecule has 0 spiro atoms. The normalized spacial score (nSPS) is 8.33. The van der Waals surface area contributed by atoms with Crippen LogP contribution in [0.25, 0.3) is 0 Å². The zero-order valence-electron chi connectivity index (χ0n) is 9.56. The van der Waals surface area contributed by atoms with Gasteiger partial charge in [0.05, 0.1) is 0 Å². The van der Waals surface area contributed by atoms with E-state index in [1.54, 1.807) is 42.5 Å². The standard InChI is InChI=1S/C13H8N4O/c1-9(18)10-3-2-4-12(5-10)17-13(8-16)11(6-14)7-15/h2-5,17H,1H3. The zero-order valence-corrected chi connectivity index (χ0v) is 9.56. The lowest BCUT2D eigenvalue weighted by Gasteiger charge is -2.05. The van der Waals surface area contributed by atoms with Crippen molar-refractivity contribution in [2.45, 2.75) is 6.92 Å². The maximum atomic E-state index is 11.2. The summed E-state index contributed by atoms with van der Waals surface area (Å²) in [6, 6.07) is 11.5. The van der Waals surface area contributed by atoms with Crippen LogP contribution in [0.5, 0.6) is 0 Å². The number of hydrogen-bond donors (Lipinski definition) is 1. The number of nitrogens with zero attached hydrogens (tertiary/aromatic N) is 3. The Morgan fingerprint density at radius 2 is 1.83 bits per heavy atom. The third-order valence-corrected chi connectivity index (χ3v) is 2.12. The van der Waals surface area contributed by atoms with E-state index in [9.17, 15) is 4.79 Å². The van der Waals surface area contributed by atoms with Crippen LogP contribution in [0.4, 0.5) is 5.69 Å². The number of carbonyl (C=O) groups is 1. The van der Waals surface area contributed by atoms with Crippen LogP contribution in [0, 0.1) is 34.0 Å². The van der Waals surface area contributed by atoms with E-state index in [0.29, 0.717) is 11.3 Å². The molecule has 0 amide bonds. The minimum Gasteiger partial charge on any atom is -0.345 e. The number of anilines is 1. The summed E-state index contributed by atoms with van der Waals surface area (Å²) in [5.74, 6) is -0.109. The first-order valence-corrected chi connectivity index (χ1v) is 4.95. The van der Waals surface area contributed by atoms with E-state index in [4.69, 9.17) is 15.8 Å². The Morgan fingerprint density at radius 1 is 1.17 bits per heavy atom. The van der Waals surface area contributed by atoms with Crippen molar-refractivity contribution in [3.8, 4) is 18.2 Å². The molecular formula is C13H8N4O. The van der Waals surface area contributed by atoms with Crippen LogP contribution < -0.4 is 5.32 Å². The second kappa shape index (κ2) is 5.84. The van der Waals surface area contributed by atoms with Crippen molar-refractivity contribution < 1.29 is 4.79 Å². The van der Waals surface area contributed by atoms with Gasteiger partial charge in [0.15, 0.2) is 11.4 Å². The molecule has 0 heterocycles. The Balaban J connectivity index is 3.13. The van der Waals surface area contributed by atoms with E-state index in [2.05, 4.69) is 5.32 Å². The van der Waals surface area contributed by atoms with E-state index >= 15 is 0 Å². The number of benzene rings is 1. The smallest absolute Gasteiger partial charge is 0.163 e. The lowest BCUT2D eigenvalue weighted by molar-refractivity contribution is 0.101. The third-order valence-electron chi connectivity index (χ3n) is 2.12. The van der Waals surface area contributed by atoms with E-state index in [0.717, 1.165) is 0 Å². The molecule has 0 bridgehead atoms. The molecule has 0 atom stereocenters. The zero-order chi connectivity index (χ0) is 13.5. The summed E-state index contributed by atoms with van der Waals surface area (Å²) in [4.78, 5) is 11.2. The average Bonchev–Trinajstić information content (AvgIpc) is 2.39. The van der Waals surface area contributed by atoms with E-state index in [1.807, 2.05) is 0 Å². The lowest BCUT2D eigenvalue weighted by atomic mass is 10.1. The van der Waals surface area contributed by atoms with Crippen LogP contribution in [0.2, 0.25) is 0 Å². The second-order valence-corrected chi connectivity index (χ2v) is 3.35. The van der Waals surface area contributed by atoms with Gasteiger partial charge in [-0.25, -0.2) is 0 Å². The maximum Gasteiger partial charge on any atom is 0.163 e. The average molecular weight is 236 g/mol. The molecule has 0 saturated carbocycles. The summed E-state index contributed by atoms with van der Waals surface area (Å²) >= 11 is 0. The first-order valence-electron chi connectivity index (χ1n) is 4.95. The van der Waals surface area contributed by atoms with Crippen LogP contribution in [-0.4, -0.2) is 5.78 Å². The number of allylic oxidation sites excluding steroid dienone is 2. The topological polar surface area (TPSA) is 100 Å². The molecule has 0 aliphatic carbocycles. The SMILES string of the molecule is CC(=O)c1cccc(NC(C#N)=C(C#N)C#N)c1. The van der Waals surface area contributed by atoms with Gasteiger partial charge in [-0.3, -0.25) is 4.79 Å². The molecule has 0 unspecified atom stereocenters. The van der Waals surface area contributed by atoms with Crippen LogP contribution in [-0.2, 0) is 0 Å². The summed E-state index contributed by atoms with van der Waals surface area (Å²) in [6.07, 6.45) is 0. The largest absolute Gasteiger partial charge is 0.345 e. The van der Waals surface area contributed by atoms with Crippen molar-refractivity contribution in [3.63, 3.8) is 0 Å². The van der Waals surface area contributed by atoms with E-state index in [1.165, 1.54) is 6.92 Å². The Bertz CT molecular complexity index is 622. The number of rotatable bonds is 3. The highest BCUT2D eigenvalue weighted by atomic mass is 16.1. The van der Waals surface area contributed by atoms with Crippen molar-refractivity contribution in [3.05, 3.63) is 41.1 Å². The molecule has 0 aromatic heterocycles. The van der Waals surface area contributed by atoms with Gasteiger partial charge in [0, 0.05) is 11.3 Å². The molecule has 0 aliphatic rings. The quantitative estimate of drug-likeness (QED) is 0.639. The minimum absolute atomic E-state index is 0.109. The molecule has 1 aromatic rings. The van der Waals surface area contributed by atoms with Gasteiger partial charge in [0.25, 0.3) is 0 Å². The molecule has 0 aliphatic heterocycles. The lowest BCUT2D eigenvalue weighted by Crippen LogP contribution is -2.02. The van der Waals surface area contributed by atoms with Gasteiger partial charge in [-0.2, -0.15) is 15.8 Å². The van der Waals surface area contributed by atoms with Crippen LogP contribution in [0.3, 0.4) is 0 Å². The Morgan fingerprint density at radius 3 is 2.33 bits per heavy atom. The van der Waals surface area contributed by atoms with E-state index in [-0.39, 0.29) is 17.1 Å². The van der Waals surface area contributed by atoms with Gasteiger partial charge < -0.3 is 5.32 Å². The maximum absolute atomic E-state index is 11.2. The fraction of sp³-hybridized carbons (Fsp3) is 0.0769. The Kier molecular flexibility index (Phi) is 4.21. The number of ketones is 1. The molecule has 1 aromatic carbocycles. The molecule has 1 N–H and O–H groups in total. The van der Waals surface area contributed by atoms with Gasteiger partial charge >= 0.3 is 0 Å². The predicted octanol–water partition coefficient (Wildman–Crippen LogP) is 2.13. The molecule has 0 saturated heterocycles. The predicted molar refractivity (Wildman–Crippen MR) is 63.9 cm³/mol. The van der Waals surface area contributed by atoms with Gasteiger partial charge in [0.1, 0.15) is 23.9 Å². The van der Waals surface area contributed by atoms with E-state index < -0.39 is 0 Å². The fourth-order valence-electron chi connectivity index (χ4n) is 1.24. The summed E-state index contributed by atoms with van der Waals surface area (Å²) in [6.45, 7) is 1.43. The number of carbonyl (C=O) groups excluding carboxylic acids is 1. The summed E-state index contributed by atoms with van der Waals surface area (Å²) in [5, 5.41) is 28.9. The van der Waals surface area contributed by atoms with Gasteiger partial charge in [-0.05, 0) is 19.1 Å². The monoisotopic (exact) mass is 236 g/mol. The summed E-state index contributed by atoms with van der Waals surface area (Å²) in [7, 11) is 0. The van der Waals surface area contributed by atoms with Crippen molar-refractivity contribution in [1.82, 2.24) is 0 Å². The summed E-state index contributed by atoms with van der Waals surface area (Å²) < 4.78 is 0. The number of hydrogen-bond acceptors (Lipinski definition) is 5. The second-order valence-electron chi connectivity index (χ2n) is 3.35. The molecule has 5 heteroatoms. The highest BCUT2D eigenvalue weighted by Crippen LogP contribution is 2.14. The van der Waals surface area contributed by atoms with Gasteiger partial charge in [-0.1, -0.05) is 12.1 Å². The fourth-order valence-corrected chi connectivity index (χ4v) is 1.24. The number of Topliss-reactive ketones (excluding diaryl/α,β-unsaturated/α-hetero) is 1. The Labute approximate surface area is 104 Å². The first-order chi connectivity index (χ1) is 8.62. The molecule has 1 rings (SSSR count). The third kappa shape index (κ3) is 2.95. The minimum atomic E-state index is -0.300. The first kappa shape index (κ1) is 13.0. The van der Waals surface area contributed by atoms with Crippen LogP contribution in [0.15, 0.2) is 35.5 Å². The van der Waals surface area contributed by atoms with Crippen molar-refractivity contribution in [2.75, 3.05) is 5.32 Å². The van der Waals surface area contributed by atoms with Crippen LogP contribution in [0.1, 0.15) is 17.3 Å². The molecule has 0 radical (unpaired) electrons. The van der Waals surface area contributed by atoms with Crippen molar-refractivity contribution in [1.29, 1.82) is 15.8 Å². The Hall–Kier alpha value is -3.10. The summed E-state index contributed by atoms with van der Waals surface area (Å²) in [5.41, 5.74) is 0.515. The van der Waals surface area contributed by atoms with Crippen molar-refractivity contribution in [2.24, 2.45) is 0 Å².